The third-order valence-corrected chi connectivity index (χ3v) is 10.8. The van der Waals surface area contributed by atoms with Crippen molar-refractivity contribution in [2.75, 3.05) is 0 Å². The van der Waals surface area contributed by atoms with Crippen LogP contribution in [0.15, 0.2) is 127 Å². The van der Waals surface area contributed by atoms with Gasteiger partial charge in [0.2, 0.25) is 0 Å². The number of hydrogen-bond acceptors (Lipinski definition) is 2. The van der Waals surface area contributed by atoms with E-state index in [9.17, 15) is 0 Å². The molecule has 0 radical (unpaired) electrons. The van der Waals surface area contributed by atoms with Gasteiger partial charge in [0, 0.05) is 32.1 Å². The maximum absolute atomic E-state index is 15.6. The number of imidazole rings is 1. The normalized spacial score (nSPS) is 12.0. The van der Waals surface area contributed by atoms with Gasteiger partial charge in [-0.15, -0.1) is 0 Å². The van der Waals surface area contributed by atoms with Crippen LogP contribution in [0.5, 0.6) is 0 Å². The van der Waals surface area contributed by atoms with E-state index in [1.54, 1.807) is 6.07 Å². The van der Waals surface area contributed by atoms with Crippen molar-refractivity contribution in [1.82, 2.24) is 9.38 Å². The van der Waals surface area contributed by atoms with Crippen molar-refractivity contribution in [3.63, 3.8) is 0 Å². The molecule has 0 N–H and O–H groups in total. The number of nitrogens with zero attached hydrogens (tertiary/aromatic N) is 2. The van der Waals surface area contributed by atoms with E-state index in [0.717, 1.165) is 65.0 Å². The molecule has 1 atom stereocenters. The molecule has 0 saturated carbocycles. The van der Waals surface area contributed by atoms with Crippen molar-refractivity contribution in [3.05, 3.63) is 140 Å². The van der Waals surface area contributed by atoms with Crippen LogP contribution in [0.25, 0.3) is 49.1 Å². The van der Waals surface area contributed by atoms with Gasteiger partial charge in [-0.2, -0.15) is 0 Å². The molecule has 8 aromatic rings. The van der Waals surface area contributed by atoms with E-state index >= 15 is 4.57 Å². The Labute approximate surface area is 225 Å². The largest absolute Gasteiger partial charge is 0.309 e. The van der Waals surface area contributed by atoms with Crippen LogP contribution in [0.1, 0.15) is 0 Å². The van der Waals surface area contributed by atoms with E-state index in [4.69, 9.17) is 4.98 Å². The second-order valence-corrected chi connectivity index (χ2v) is 12.5. The van der Waals surface area contributed by atoms with Crippen LogP contribution >= 0.6 is 7.14 Å². The lowest BCUT2D eigenvalue weighted by Crippen LogP contribution is -2.25. The molecular formula is C35H21N2OP. The van der Waals surface area contributed by atoms with Crippen LogP contribution in [0.2, 0.25) is 0 Å². The molecule has 2 aromatic heterocycles. The molecule has 182 valence electrons. The summed E-state index contributed by atoms with van der Waals surface area (Å²) in [4.78, 5) is 5.13. The number of rotatable bonds is 3. The summed E-state index contributed by atoms with van der Waals surface area (Å²) in [6, 6.07) is 48.5. The van der Waals surface area contributed by atoms with E-state index in [2.05, 4.69) is 77.2 Å². The smallest absolute Gasteiger partial charge is 0.172 e. The van der Waals surface area contributed by atoms with Crippen molar-refractivity contribution in [2.24, 2.45) is 0 Å². The van der Waals surface area contributed by atoms with Crippen LogP contribution in [-0.2, 0) is 4.57 Å². The Kier molecular flexibility index (Phi) is 4.71. The molecule has 2 heterocycles. The highest BCUT2D eigenvalue weighted by molar-refractivity contribution is 7.85. The number of hydrogen-bond donors (Lipinski definition) is 0. The van der Waals surface area contributed by atoms with E-state index < -0.39 is 7.14 Å². The summed E-state index contributed by atoms with van der Waals surface area (Å²) >= 11 is 0. The van der Waals surface area contributed by atoms with Gasteiger partial charge >= 0.3 is 0 Å². The van der Waals surface area contributed by atoms with Gasteiger partial charge in [0.1, 0.15) is 5.65 Å². The molecule has 0 aliphatic heterocycles. The Morgan fingerprint density at radius 2 is 1.31 bits per heavy atom. The number of fused-ring (bicyclic) bond motifs is 10. The quantitative estimate of drug-likeness (QED) is 0.184. The summed E-state index contributed by atoms with van der Waals surface area (Å²) in [7, 11) is -3.29. The molecule has 0 aliphatic rings. The molecule has 0 fully saturated rings. The highest BCUT2D eigenvalue weighted by Crippen LogP contribution is 2.47. The zero-order chi connectivity index (χ0) is 26.0. The van der Waals surface area contributed by atoms with Gasteiger partial charge in [0.25, 0.3) is 0 Å². The van der Waals surface area contributed by atoms with Gasteiger partial charge in [0.05, 0.1) is 16.6 Å². The lowest BCUT2D eigenvalue weighted by molar-refractivity contribution is 0.592. The molecule has 0 spiro atoms. The van der Waals surface area contributed by atoms with Crippen molar-refractivity contribution in [3.8, 4) is 0 Å². The Hall–Kier alpha value is -4.90. The number of para-hydroxylation sites is 3. The van der Waals surface area contributed by atoms with E-state index in [-0.39, 0.29) is 0 Å². The second kappa shape index (κ2) is 8.30. The van der Waals surface area contributed by atoms with Gasteiger partial charge in [-0.05, 0) is 53.2 Å². The standard InChI is InChI=1S/C35H21N2OP/c38-39(24-13-3-1-4-14-24,25-15-5-2-6-16-25)33-23-29-34(27-18-8-7-17-26(27)33)28-19-9-11-21-31(28)37-32-22-12-10-20-30(32)36-35(29)37/h1,3-5,7-23H. The van der Waals surface area contributed by atoms with E-state index in [1.807, 2.05) is 60.7 Å². The Bertz CT molecular complexity index is 2210. The summed E-state index contributed by atoms with van der Waals surface area (Å²) in [5.41, 5.74) is 3.96. The third-order valence-electron chi connectivity index (χ3n) is 7.70. The Morgan fingerprint density at radius 1 is 0.615 bits per heavy atom. The molecule has 0 bridgehead atoms. The van der Waals surface area contributed by atoms with Crippen molar-refractivity contribution in [1.29, 1.82) is 0 Å². The first kappa shape index (κ1) is 22.1. The first-order valence-corrected chi connectivity index (χ1v) is 14.6. The van der Waals surface area contributed by atoms with Crippen molar-refractivity contribution < 1.29 is 4.57 Å². The molecule has 6 aromatic carbocycles. The average molecular weight is 517 g/mol. The monoisotopic (exact) mass is 516 g/mol. The molecule has 0 aliphatic carbocycles. The predicted molar refractivity (Wildman–Crippen MR) is 162 cm³/mol. The number of benzene rings is 5. The highest BCUT2D eigenvalue weighted by Gasteiger charge is 2.32. The SMILES string of the molecule is O=P(c1cc#ccc1)(c1ccccc1)c1cc2c(c3ccccc13)c1ccccc1n1c3ccccc3nc21. The summed E-state index contributed by atoms with van der Waals surface area (Å²) in [5, 5.41) is 7.64. The number of aromatic nitrogens is 2. The summed E-state index contributed by atoms with van der Waals surface area (Å²) < 4.78 is 17.8. The van der Waals surface area contributed by atoms with Crippen LogP contribution in [-0.4, -0.2) is 9.38 Å². The van der Waals surface area contributed by atoms with Gasteiger partial charge in [0.15, 0.2) is 7.14 Å². The molecular weight excluding hydrogens is 495 g/mol. The molecule has 1 unspecified atom stereocenters. The minimum Gasteiger partial charge on any atom is -0.309 e. The Morgan fingerprint density at radius 3 is 2.10 bits per heavy atom. The molecule has 3 nitrogen and oxygen atoms in total. The average Bonchev–Trinajstić information content (AvgIpc) is 3.41. The van der Waals surface area contributed by atoms with Gasteiger partial charge in [-0.25, -0.2) is 4.98 Å². The highest BCUT2D eigenvalue weighted by atomic mass is 31.2. The maximum Gasteiger partial charge on any atom is 0.172 e. The Balaban J connectivity index is 1.65. The second-order valence-electron chi connectivity index (χ2n) is 9.78. The fraction of sp³-hybridized carbons (Fsp3) is 0. The topological polar surface area (TPSA) is 34.4 Å². The van der Waals surface area contributed by atoms with Gasteiger partial charge in [-0.1, -0.05) is 97.1 Å². The molecule has 39 heavy (non-hydrogen) atoms. The molecule has 8 rings (SSSR count). The molecule has 4 heteroatoms. The zero-order valence-electron chi connectivity index (χ0n) is 20.9. The minimum absolute atomic E-state index is 0.738. The van der Waals surface area contributed by atoms with Crippen LogP contribution in [0, 0.1) is 12.1 Å². The van der Waals surface area contributed by atoms with E-state index in [0.29, 0.717) is 0 Å². The number of pyridine rings is 1. The predicted octanol–water partition coefficient (Wildman–Crippen LogP) is 7.19. The third kappa shape index (κ3) is 3.07. The first-order chi connectivity index (χ1) is 19.2. The summed E-state index contributed by atoms with van der Waals surface area (Å²) in [6.45, 7) is 0. The summed E-state index contributed by atoms with van der Waals surface area (Å²) in [5.74, 6) is 0. The fourth-order valence-electron chi connectivity index (χ4n) is 6.01. The zero-order valence-corrected chi connectivity index (χ0v) is 21.8. The van der Waals surface area contributed by atoms with Crippen molar-refractivity contribution >= 4 is 72.2 Å². The molecule has 0 saturated heterocycles. The van der Waals surface area contributed by atoms with E-state index in [1.165, 1.54) is 0 Å². The van der Waals surface area contributed by atoms with Gasteiger partial charge in [-0.3, -0.25) is 4.40 Å². The van der Waals surface area contributed by atoms with Crippen LogP contribution in [0.3, 0.4) is 0 Å². The molecule has 0 amide bonds. The first-order valence-electron chi connectivity index (χ1n) is 12.9. The maximum atomic E-state index is 15.6. The lowest BCUT2D eigenvalue weighted by atomic mass is 9.99. The lowest BCUT2D eigenvalue weighted by Gasteiger charge is -2.23. The van der Waals surface area contributed by atoms with Crippen molar-refractivity contribution in [2.45, 2.75) is 0 Å². The van der Waals surface area contributed by atoms with Gasteiger partial charge < -0.3 is 4.57 Å². The fourth-order valence-corrected chi connectivity index (χ4v) is 8.84. The van der Waals surface area contributed by atoms with Crippen LogP contribution in [0.4, 0.5) is 0 Å². The minimum atomic E-state index is -3.29. The summed E-state index contributed by atoms with van der Waals surface area (Å²) in [6.07, 6.45) is 0. The van der Waals surface area contributed by atoms with Crippen LogP contribution < -0.4 is 15.9 Å².